The smallest absolute Gasteiger partial charge is 0.307 e. The van der Waals surface area contributed by atoms with E-state index in [9.17, 15) is 9.90 Å². The zero-order valence-corrected chi connectivity index (χ0v) is 12.8. The first-order chi connectivity index (χ1) is 10.5. The number of nitrogens with one attached hydrogen (secondary N) is 1. The summed E-state index contributed by atoms with van der Waals surface area (Å²) in [4.78, 5) is 15.2. The van der Waals surface area contributed by atoms with Gasteiger partial charge in [-0.3, -0.25) is 4.79 Å². The van der Waals surface area contributed by atoms with Crippen molar-refractivity contribution in [2.75, 3.05) is 5.32 Å². The van der Waals surface area contributed by atoms with Gasteiger partial charge in [0.15, 0.2) is 5.13 Å². The van der Waals surface area contributed by atoms with Gasteiger partial charge in [0.1, 0.15) is 5.75 Å². The molecule has 112 valence electrons. The Bertz CT molecular complexity index is 863. The second-order valence-electron chi connectivity index (χ2n) is 4.68. The van der Waals surface area contributed by atoms with Crippen molar-refractivity contribution in [2.24, 2.45) is 0 Å². The van der Waals surface area contributed by atoms with Gasteiger partial charge in [0.05, 0.1) is 22.3 Å². The number of carboxylic acids is 1. The fourth-order valence-corrected chi connectivity index (χ4v) is 3.19. The summed E-state index contributed by atoms with van der Waals surface area (Å²) in [5.74, 6) is -0.891. The van der Waals surface area contributed by atoms with Crippen molar-refractivity contribution >= 4 is 49.9 Å². The molecule has 2 aromatic carbocycles. The van der Waals surface area contributed by atoms with E-state index >= 15 is 0 Å². The molecule has 5 nitrogen and oxygen atoms in total. The number of aromatic nitrogens is 1. The van der Waals surface area contributed by atoms with Crippen LogP contribution in [0.15, 0.2) is 36.4 Å². The Balaban J connectivity index is 1.91. The van der Waals surface area contributed by atoms with Gasteiger partial charge in [-0.25, -0.2) is 4.98 Å². The number of fused-ring (bicyclic) bond motifs is 1. The predicted octanol–water partition coefficient (Wildman–Crippen LogP) is 4.03. The lowest BCUT2D eigenvalue weighted by Crippen LogP contribution is -2.00. The summed E-state index contributed by atoms with van der Waals surface area (Å²) in [7, 11) is 0. The number of anilines is 2. The van der Waals surface area contributed by atoms with Crippen molar-refractivity contribution in [1.29, 1.82) is 0 Å². The van der Waals surface area contributed by atoms with Crippen LogP contribution in [0.5, 0.6) is 5.75 Å². The van der Waals surface area contributed by atoms with Gasteiger partial charge in [0, 0.05) is 5.02 Å². The monoisotopic (exact) mass is 334 g/mol. The molecule has 0 atom stereocenters. The van der Waals surface area contributed by atoms with Crippen LogP contribution in [-0.4, -0.2) is 21.2 Å². The first kappa shape index (κ1) is 14.6. The Morgan fingerprint density at radius 1 is 1.27 bits per heavy atom. The Labute approximate surface area is 134 Å². The van der Waals surface area contributed by atoms with E-state index in [1.807, 2.05) is 12.1 Å². The van der Waals surface area contributed by atoms with Crippen LogP contribution in [0.25, 0.3) is 10.2 Å². The van der Waals surface area contributed by atoms with Crippen molar-refractivity contribution in [3.8, 4) is 5.75 Å². The average molecular weight is 335 g/mol. The molecule has 0 spiro atoms. The van der Waals surface area contributed by atoms with E-state index in [4.69, 9.17) is 16.7 Å². The van der Waals surface area contributed by atoms with Gasteiger partial charge in [-0.05, 0) is 35.9 Å². The van der Waals surface area contributed by atoms with Crippen molar-refractivity contribution in [3.63, 3.8) is 0 Å². The summed E-state index contributed by atoms with van der Waals surface area (Å²) in [6.07, 6.45) is -0.107. The molecule has 7 heteroatoms. The fraction of sp³-hybridized carbons (Fsp3) is 0.0667. The first-order valence-electron chi connectivity index (χ1n) is 6.38. The van der Waals surface area contributed by atoms with E-state index in [1.54, 1.807) is 18.2 Å². The van der Waals surface area contributed by atoms with Gasteiger partial charge in [0.25, 0.3) is 0 Å². The highest BCUT2D eigenvalue weighted by Gasteiger charge is 2.09. The summed E-state index contributed by atoms with van der Waals surface area (Å²) in [6.45, 7) is 0. The van der Waals surface area contributed by atoms with Crippen molar-refractivity contribution in [1.82, 2.24) is 4.98 Å². The number of aliphatic carboxylic acids is 1. The molecule has 0 saturated heterocycles. The van der Waals surface area contributed by atoms with E-state index in [1.165, 1.54) is 17.4 Å². The number of hydrogen-bond acceptors (Lipinski definition) is 5. The van der Waals surface area contributed by atoms with Crippen molar-refractivity contribution < 1.29 is 15.0 Å². The molecule has 0 radical (unpaired) electrons. The maximum absolute atomic E-state index is 10.8. The van der Waals surface area contributed by atoms with Gasteiger partial charge in [-0.1, -0.05) is 29.0 Å². The molecular formula is C15H11ClN2O3S. The summed E-state index contributed by atoms with van der Waals surface area (Å²) < 4.78 is 0.927. The number of halogens is 1. The van der Waals surface area contributed by atoms with E-state index < -0.39 is 5.97 Å². The molecule has 0 amide bonds. The molecule has 3 rings (SSSR count). The molecule has 1 heterocycles. The highest BCUT2D eigenvalue weighted by atomic mass is 35.5. The third kappa shape index (κ3) is 3.13. The van der Waals surface area contributed by atoms with E-state index in [0.29, 0.717) is 21.4 Å². The van der Waals surface area contributed by atoms with Crippen LogP contribution in [0, 0.1) is 0 Å². The number of aromatic hydroxyl groups is 1. The third-order valence-electron chi connectivity index (χ3n) is 3.01. The molecule has 3 N–H and O–H groups in total. The number of hydrogen-bond donors (Lipinski definition) is 3. The SMILES string of the molecule is O=C(O)Cc1ccc(O)c(Nc2nc3ccc(Cl)cc3s2)c1. The molecule has 0 aliphatic heterocycles. The van der Waals surface area contributed by atoms with Crippen LogP contribution in [-0.2, 0) is 11.2 Å². The zero-order chi connectivity index (χ0) is 15.7. The highest BCUT2D eigenvalue weighted by Crippen LogP contribution is 2.33. The minimum Gasteiger partial charge on any atom is -0.506 e. The van der Waals surface area contributed by atoms with Crippen LogP contribution in [0.4, 0.5) is 10.8 Å². The first-order valence-corrected chi connectivity index (χ1v) is 7.57. The highest BCUT2D eigenvalue weighted by molar-refractivity contribution is 7.22. The third-order valence-corrected chi connectivity index (χ3v) is 4.18. The van der Waals surface area contributed by atoms with E-state index in [2.05, 4.69) is 10.3 Å². The molecule has 0 aliphatic carbocycles. The van der Waals surface area contributed by atoms with E-state index in [0.717, 1.165) is 10.2 Å². The normalized spacial score (nSPS) is 10.8. The molecular weight excluding hydrogens is 324 g/mol. The number of rotatable bonds is 4. The lowest BCUT2D eigenvalue weighted by molar-refractivity contribution is -0.136. The second kappa shape index (κ2) is 5.82. The molecule has 22 heavy (non-hydrogen) atoms. The standard InChI is InChI=1S/C15H11ClN2O3S/c16-9-2-3-10-13(7-9)22-15(17-10)18-11-5-8(6-14(20)21)1-4-12(11)19/h1-5,7,19H,6H2,(H,17,18)(H,20,21). The van der Waals surface area contributed by atoms with Crippen LogP contribution >= 0.6 is 22.9 Å². The maximum atomic E-state index is 10.8. The lowest BCUT2D eigenvalue weighted by atomic mass is 10.1. The van der Waals surface area contributed by atoms with Gasteiger partial charge in [-0.15, -0.1) is 0 Å². The Morgan fingerprint density at radius 3 is 2.86 bits per heavy atom. The summed E-state index contributed by atoms with van der Waals surface area (Å²) in [5.41, 5.74) is 1.82. The number of phenols is 1. The Kier molecular flexibility index (Phi) is 3.87. The van der Waals surface area contributed by atoms with Gasteiger partial charge in [-0.2, -0.15) is 0 Å². The van der Waals surface area contributed by atoms with Gasteiger partial charge in [0.2, 0.25) is 0 Å². The average Bonchev–Trinajstić information content (AvgIpc) is 2.83. The Hall–Kier alpha value is -2.31. The molecule has 0 fully saturated rings. The largest absolute Gasteiger partial charge is 0.506 e. The van der Waals surface area contributed by atoms with Crippen molar-refractivity contribution in [2.45, 2.75) is 6.42 Å². The minimum atomic E-state index is -0.925. The van der Waals surface area contributed by atoms with Gasteiger partial charge < -0.3 is 15.5 Å². The molecule has 0 bridgehead atoms. The summed E-state index contributed by atoms with van der Waals surface area (Å²) >= 11 is 7.35. The number of thiazole rings is 1. The van der Waals surface area contributed by atoms with Crippen LogP contribution in [0.2, 0.25) is 5.02 Å². The second-order valence-corrected chi connectivity index (χ2v) is 6.15. The molecule has 3 aromatic rings. The molecule has 0 unspecified atom stereocenters. The minimum absolute atomic E-state index is 0.0337. The van der Waals surface area contributed by atoms with E-state index in [-0.39, 0.29) is 12.2 Å². The fourth-order valence-electron chi connectivity index (χ4n) is 2.04. The zero-order valence-electron chi connectivity index (χ0n) is 11.2. The number of benzene rings is 2. The Morgan fingerprint density at radius 2 is 2.09 bits per heavy atom. The van der Waals surface area contributed by atoms with Crippen LogP contribution < -0.4 is 5.32 Å². The lowest BCUT2D eigenvalue weighted by Gasteiger charge is -2.07. The van der Waals surface area contributed by atoms with Crippen molar-refractivity contribution in [3.05, 3.63) is 47.0 Å². The summed E-state index contributed by atoms with van der Waals surface area (Å²) in [5, 5.41) is 23.0. The maximum Gasteiger partial charge on any atom is 0.307 e. The molecule has 0 aliphatic rings. The quantitative estimate of drug-likeness (QED) is 0.627. The van der Waals surface area contributed by atoms with Crippen LogP contribution in [0.3, 0.4) is 0 Å². The number of nitrogens with zero attached hydrogens (tertiary/aromatic N) is 1. The predicted molar refractivity (Wildman–Crippen MR) is 87.4 cm³/mol. The molecule has 0 saturated carbocycles. The summed E-state index contributed by atoms with van der Waals surface area (Å²) in [6, 6.07) is 10.0. The number of carbonyl (C=O) groups is 1. The molecule has 1 aromatic heterocycles. The van der Waals surface area contributed by atoms with Crippen LogP contribution in [0.1, 0.15) is 5.56 Å². The number of phenolic OH excluding ortho intramolecular Hbond substituents is 1. The number of carboxylic acid groups (broad SMARTS) is 1. The topological polar surface area (TPSA) is 82.5 Å². The van der Waals surface area contributed by atoms with Gasteiger partial charge >= 0.3 is 5.97 Å².